The van der Waals surface area contributed by atoms with Gasteiger partial charge in [-0.15, -0.1) is 0 Å². The number of fused-ring (bicyclic) bond motifs is 6. The highest BCUT2D eigenvalue weighted by molar-refractivity contribution is 9.11. The molecule has 6 heterocycles. The molecule has 0 bridgehead atoms. The Morgan fingerprint density at radius 1 is 0.473 bits per heavy atom. The second-order valence-corrected chi connectivity index (χ2v) is 33.1. The molecule has 0 spiro atoms. The van der Waals surface area contributed by atoms with Gasteiger partial charge in [-0.05, 0) is 362 Å². The fraction of sp³-hybridized carbons (Fsp3) is 0.259. The van der Waals surface area contributed by atoms with Gasteiger partial charge < -0.3 is 45.3 Å². The summed E-state index contributed by atoms with van der Waals surface area (Å²) in [6.07, 6.45) is 0.120. The zero-order chi connectivity index (χ0) is 83.5. The number of aliphatic hydroxyl groups excluding tert-OH is 3. The number of nitrogen functional groups attached to an aromatic ring is 1. The smallest absolute Gasteiger partial charge is 0.508 e. The second-order valence-electron chi connectivity index (χ2n) is 27.6. The standard InChI is InChI=1S/C18H22BrNO3.C13H14BrNO2.C13H12BrN.C12H9BrF3NO3S.C11H10BrNO.C11H11NO.C7H9NO/c1-10-8-13-12(7-6-11(2)20-13)16(19)15(10)14(21)9-23-17(22)18(3,4)5;1-7-5-10-9(4-3-8(2)15-10)13(14)12(7)11(17)6-16;1-4-10-8(2)7-12-11(13(10)14)6-5-9(3)15-12;1-6-5-9-8(4-3-7(2)17-9)10(13)11(6)20-21(18,19)12(14,15)16;1-6-5-9-8(10(12)11(6)14)4-3-7(2)13-9;1-7-5-10-9(6-11(7)13)4-3-8(2)12-10;1-5-4-6(8)2-3-7(5)9/h6-8,14,21H,9H2,1-5H3;3-5,11,16-17H,6H2,1-2H3;4-7H,1H2,2-3H3;3-5H,1-2H3;3-5,14H,1-2H3;3-6,13H,1-2H3;2-4,9H,8H2,1H3/t14-;11-;;;;;/m11...../s1. The molecular formula is C85H87Br5F3N7O11S. The molecule has 18 nitrogen and oxygen atoms in total. The van der Waals surface area contributed by atoms with Crippen LogP contribution >= 0.6 is 79.6 Å². The third-order valence-electron chi connectivity index (χ3n) is 17.3. The zero-order valence-corrected chi connectivity index (χ0v) is 73.2. The summed E-state index contributed by atoms with van der Waals surface area (Å²) in [5.41, 5.74) is 19.2. The van der Waals surface area contributed by atoms with Gasteiger partial charge in [0.25, 0.3) is 0 Å². The van der Waals surface area contributed by atoms with Crippen LogP contribution in [-0.2, 0) is 19.6 Å². The summed E-state index contributed by atoms with van der Waals surface area (Å²) in [7, 11) is -5.72. The third kappa shape index (κ3) is 22.8. The average molecular weight is 1870 g/mol. The summed E-state index contributed by atoms with van der Waals surface area (Å²) in [6, 6.07) is 41.0. The number of halogens is 8. The van der Waals surface area contributed by atoms with Crippen LogP contribution in [0.5, 0.6) is 23.0 Å². The van der Waals surface area contributed by atoms with Crippen molar-refractivity contribution in [3.05, 3.63) is 252 Å². The van der Waals surface area contributed by atoms with E-state index in [1.807, 2.05) is 154 Å². The lowest BCUT2D eigenvalue weighted by atomic mass is 9.97. The summed E-state index contributed by atoms with van der Waals surface area (Å²) in [4.78, 5) is 38.3. The normalized spacial score (nSPS) is 11.8. The minimum Gasteiger partial charge on any atom is -0.508 e. The van der Waals surface area contributed by atoms with Gasteiger partial charge in [0.15, 0.2) is 5.75 Å². The maximum atomic E-state index is 12.4. The Balaban J connectivity index is 0.000000184. The highest BCUT2D eigenvalue weighted by atomic mass is 79.9. The molecule has 8 N–H and O–H groups in total. The summed E-state index contributed by atoms with van der Waals surface area (Å²) < 4.78 is 72.5. The molecule has 112 heavy (non-hydrogen) atoms. The number of phenols is 3. The van der Waals surface area contributed by atoms with Crippen LogP contribution in [0.4, 0.5) is 18.9 Å². The lowest BCUT2D eigenvalue weighted by molar-refractivity contribution is -0.156. The average Bonchev–Trinajstić information content (AvgIpc) is 0.884. The number of nitrogens with zero attached hydrogens (tertiary/aromatic N) is 6. The Labute approximate surface area is 691 Å². The fourth-order valence-electron chi connectivity index (χ4n) is 11.2. The monoisotopic (exact) mass is 1870 g/mol. The van der Waals surface area contributed by atoms with Crippen molar-refractivity contribution in [3.8, 4) is 23.0 Å². The first-order chi connectivity index (χ1) is 52.3. The Hall–Kier alpha value is -8.77. The lowest BCUT2D eigenvalue weighted by Crippen LogP contribution is -2.28. The Morgan fingerprint density at radius 3 is 1.25 bits per heavy atom. The summed E-state index contributed by atoms with van der Waals surface area (Å²) in [5, 5.41) is 62.9. The van der Waals surface area contributed by atoms with Crippen LogP contribution in [0.3, 0.4) is 0 Å². The Morgan fingerprint density at radius 2 is 0.839 bits per heavy atom. The first-order valence-corrected chi connectivity index (χ1v) is 40.1. The van der Waals surface area contributed by atoms with E-state index in [9.17, 15) is 46.8 Å². The second kappa shape index (κ2) is 38.4. The summed E-state index contributed by atoms with van der Waals surface area (Å²) in [5.74, 6) is 0.194. The van der Waals surface area contributed by atoms with Crippen LogP contribution in [0, 0.1) is 95.4 Å². The van der Waals surface area contributed by atoms with E-state index in [0.29, 0.717) is 33.8 Å². The molecule has 6 aromatic heterocycles. The topological polar surface area (TPSA) is 294 Å². The minimum atomic E-state index is -5.72. The van der Waals surface area contributed by atoms with Gasteiger partial charge in [0, 0.05) is 96.7 Å². The van der Waals surface area contributed by atoms with Crippen LogP contribution in [0.1, 0.15) is 123 Å². The first kappa shape index (κ1) is 90.4. The van der Waals surface area contributed by atoms with Crippen molar-refractivity contribution < 1.29 is 65.9 Å². The number of pyridine rings is 6. The van der Waals surface area contributed by atoms with Gasteiger partial charge in [0.2, 0.25) is 0 Å². The van der Waals surface area contributed by atoms with E-state index in [0.717, 1.165) is 151 Å². The van der Waals surface area contributed by atoms with Crippen molar-refractivity contribution in [2.24, 2.45) is 5.41 Å². The molecule has 590 valence electrons. The predicted molar refractivity (Wildman–Crippen MR) is 460 cm³/mol. The molecule has 27 heteroatoms. The SMILES string of the molecule is C=Cc1c(C)cc2nc(C)ccc2c1Br.Cc1cc(N)ccc1O.Cc1ccc2c(Br)c(O)c(C)cc2n1.Cc1ccc2c(Br)c(OS(=O)(=O)C(F)(F)F)c(C)cc2n1.Cc1ccc2c(Br)c([C@H](O)CO)c(C)cc2n1.Cc1ccc2c(Br)c([C@H](O)COC(=O)C(C)(C)C)c(C)cc2n1.Cc1ccc2cc(O)c(C)cc2n1. The predicted octanol–water partition coefficient (Wildman–Crippen LogP) is 22.1. The maximum Gasteiger partial charge on any atom is 0.534 e. The molecular weight excluding hydrogens is 1780 g/mol. The molecule has 0 amide bonds. The number of aromatic nitrogens is 6. The molecule has 0 saturated carbocycles. The minimum absolute atomic E-state index is 0.0691. The molecule has 0 unspecified atom stereocenters. The van der Waals surface area contributed by atoms with Crippen molar-refractivity contribution in [3.63, 3.8) is 0 Å². The van der Waals surface area contributed by atoms with Crippen LogP contribution in [-0.4, -0.2) is 93.7 Å². The number of phenolic OH excluding ortho intramolecular Hbond substituents is 3. The van der Waals surface area contributed by atoms with E-state index in [2.05, 4.69) is 139 Å². The van der Waals surface area contributed by atoms with Gasteiger partial charge in [0.05, 0.1) is 54.1 Å². The van der Waals surface area contributed by atoms with Crippen molar-refractivity contribution in [2.45, 2.75) is 128 Å². The number of aromatic hydroxyl groups is 3. The zero-order valence-electron chi connectivity index (χ0n) is 64.5. The number of hydrogen-bond acceptors (Lipinski definition) is 18. The highest BCUT2D eigenvalue weighted by Crippen LogP contribution is 2.41. The van der Waals surface area contributed by atoms with E-state index in [1.54, 1.807) is 64.1 Å². The summed E-state index contributed by atoms with van der Waals surface area (Å²) >= 11 is 17.1. The molecule has 2 atom stereocenters. The Kier molecular flexibility index (Phi) is 31.0. The number of esters is 1. The van der Waals surface area contributed by atoms with Gasteiger partial charge >= 0.3 is 21.6 Å². The molecule has 13 aromatic rings. The summed E-state index contributed by atoms with van der Waals surface area (Å²) in [6.45, 7) is 33.3. The number of anilines is 1. The van der Waals surface area contributed by atoms with Gasteiger partial charge in [-0.3, -0.25) is 34.7 Å². The highest BCUT2D eigenvalue weighted by Gasteiger charge is 2.49. The number of aryl methyl sites for hydroxylation is 13. The first-order valence-electron chi connectivity index (χ1n) is 34.7. The molecule has 0 saturated heterocycles. The third-order valence-corrected chi connectivity index (χ3v) is 22.4. The quantitative estimate of drug-likeness (QED) is 0.0244. The molecule has 7 aromatic carbocycles. The van der Waals surface area contributed by atoms with Gasteiger partial charge in [-0.2, -0.15) is 21.6 Å². The molecule has 0 aliphatic carbocycles. The number of nitrogens with two attached hydrogens (primary N) is 1. The number of aliphatic hydroxyl groups is 3. The van der Waals surface area contributed by atoms with E-state index < -0.39 is 39.0 Å². The van der Waals surface area contributed by atoms with Crippen LogP contribution < -0.4 is 9.92 Å². The number of hydrogen-bond donors (Lipinski definition) is 7. The molecule has 13 rings (SSSR count). The van der Waals surface area contributed by atoms with Gasteiger partial charge in [-0.1, -0.05) is 18.7 Å². The number of rotatable bonds is 8. The van der Waals surface area contributed by atoms with E-state index in [-0.39, 0.29) is 29.2 Å². The number of alkyl halides is 3. The van der Waals surface area contributed by atoms with E-state index in [4.69, 9.17) is 20.7 Å². The van der Waals surface area contributed by atoms with Gasteiger partial charge in [0.1, 0.15) is 36.1 Å². The van der Waals surface area contributed by atoms with E-state index in [1.165, 1.54) is 18.6 Å². The lowest BCUT2D eigenvalue weighted by Gasteiger charge is -2.21. The number of ether oxygens (including phenoxy) is 1. The molecule has 0 radical (unpaired) electrons. The van der Waals surface area contributed by atoms with Crippen molar-refractivity contribution >= 4 is 173 Å². The number of carbonyl (C=O) groups is 1. The van der Waals surface area contributed by atoms with Crippen molar-refractivity contribution in [1.29, 1.82) is 0 Å². The van der Waals surface area contributed by atoms with Crippen LogP contribution in [0.15, 0.2) is 162 Å². The largest absolute Gasteiger partial charge is 0.534 e. The molecule has 0 aliphatic rings. The van der Waals surface area contributed by atoms with Crippen molar-refractivity contribution in [1.82, 2.24) is 29.9 Å². The van der Waals surface area contributed by atoms with Crippen molar-refractivity contribution in [2.75, 3.05) is 18.9 Å². The number of benzene rings is 7. The van der Waals surface area contributed by atoms with E-state index >= 15 is 0 Å². The molecule has 0 aliphatic heterocycles. The molecule has 0 fully saturated rings. The fourth-order valence-corrected chi connectivity index (χ4v) is 15.9. The van der Waals surface area contributed by atoms with Gasteiger partial charge in [-0.25, -0.2) is 0 Å². The Bertz CT molecular complexity index is 5830. The van der Waals surface area contributed by atoms with Crippen LogP contribution in [0.2, 0.25) is 0 Å². The maximum absolute atomic E-state index is 12.4. The number of carbonyl (C=O) groups excluding carboxylic acids is 1. The van der Waals surface area contributed by atoms with Crippen LogP contribution in [0.25, 0.3) is 71.5 Å².